The van der Waals surface area contributed by atoms with Crippen molar-refractivity contribution in [2.75, 3.05) is 0 Å². The molecular weight excluding hydrogens is 281 g/mol. The minimum atomic E-state index is -0.321. The molecule has 0 radical (unpaired) electrons. The number of hydrogen-bond donors (Lipinski definition) is 1. The fourth-order valence-electron chi connectivity index (χ4n) is 2.47. The van der Waals surface area contributed by atoms with Crippen LogP contribution in [0, 0.1) is 5.82 Å². The summed E-state index contributed by atoms with van der Waals surface area (Å²) in [6.45, 7) is 3.99. The van der Waals surface area contributed by atoms with Crippen molar-refractivity contribution in [3.63, 3.8) is 0 Å². The monoisotopic (exact) mass is 297 g/mol. The van der Waals surface area contributed by atoms with E-state index in [0.717, 1.165) is 10.9 Å². The van der Waals surface area contributed by atoms with E-state index in [1.807, 2.05) is 42.7 Å². The quantitative estimate of drug-likeness (QED) is 0.639. The van der Waals surface area contributed by atoms with Crippen LogP contribution in [0.4, 0.5) is 15.8 Å². The number of nitrogens with zero attached hydrogens (tertiary/aromatic N) is 3. The molecule has 0 aliphatic heterocycles. The average Bonchev–Trinajstić information content (AvgIpc) is 2.78. The maximum absolute atomic E-state index is 12.9. The zero-order valence-electron chi connectivity index (χ0n) is 12.4. The third-order valence-corrected chi connectivity index (χ3v) is 3.47. The highest BCUT2D eigenvalue weighted by atomic mass is 19.1. The van der Waals surface area contributed by atoms with E-state index in [9.17, 15) is 9.50 Å². The number of aromatic hydroxyl groups is 1. The maximum atomic E-state index is 12.9. The highest BCUT2D eigenvalue weighted by molar-refractivity contribution is 5.95. The zero-order chi connectivity index (χ0) is 15.7. The number of aromatic nitrogens is 1. The van der Waals surface area contributed by atoms with Gasteiger partial charge in [0, 0.05) is 11.4 Å². The minimum Gasteiger partial charge on any atom is -0.493 e. The van der Waals surface area contributed by atoms with Crippen LogP contribution in [0.15, 0.2) is 58.8 Å². The molecule has 4 nitrogen and oxygen atoms in total. The van der Waals surface area contributed by atoms with E-state index in [0.29, 0.717) is 11.4 Å². The fraction of sp³-hybridized carbons (Fsp3) is 0.176. The van der Waals surface area contributed by atoms with E-state index in [1.54, 1.807) is 0 Å². The van der Waals surface area contributed by atoms with Crippen LogP contribution in [-0.4, -0.2) is 9.67 Å². The van der Waals surface area contributed by atoms with Crippen molar-refractivity contribution in [3.8, 4) is 5.88 Å². The van der Waals surface area contributed by atoms with Gasteiger partial charge in [0.25, 0.3) is 0 Å². The summed E-state index contributed by atoms with van der Waals surface area (Å²) in [5.74, 6) is -0.236. The largest absolute Gasteiger partial charge is 0.493 e. The predicted molar refractivity (Wildman–Crippen MR) is 84.6 cm³/mol. The van der Waals surface area contributed by atoms with Gasteiger partial charge in [0.1, 0.15) is 5.82 Å². The normalized spacial score (nSPS) is 11.8. The van der Waals surface area contributed by atoms with Crippen molar-refractivity contribution in [1.29, 1.82) is 0 Å². The summed E-state index contributed by atoms with van der Waals surface area (Å²) in [5.41, 5.74) is 1.86. The lowest BCUT2D eigenvalue weighted by Gasteiger charge is -2.10. The molecule has 0 fully saturated rings. The number of benzene rings is 2. The van der Waals surface area contributed by atoms with Crippen molar-refractivity contribution < 1.29 is 9.50 Å². The molecule has 1 N–H and O–H groups in total. The van der Waals surface area contributed by atoms with Gasteiger partial charge in [-0.25, -0.2) is 4.39 Å². The van der Waals surface area contributed by atoms with Gasteiger partial charge in [0.15, 0.2) is 5.69 Å². The average molecular weight is 297 g/mol. The first-order valence-electron chi connectivity index (χ1n) is 7.07. The molecule has 0 saturated heterocycles. The Labute approximate surface area is 127 Å². The smallest absolute Gasteiger partial charge is 0.221 e. The van der Waals surface area contributed by atoms with Crippen LogP contribution in [-0.2, 0) is 0 Å². The second kappa shape index (κ2) is 5.60. The summed E-state index contributed by atoms with van der Waals surface area (Å²) in [6.07, 6.45) is 0. The summed E-state index contributed by atoms with van der Waals surface area (Å²) in [4.78, 5) is 0. The highest BCUT2D eigenvalue weighted by Gasteiger charge is 2.17. The maximum Gasteiger partial charge on any atom is 0.221 e. The third-order valence-electron chi connectivity index (χ3n) is 3.47. The van der Waals surface area contributed by atoms with E-state index in [4.69, 9.17) is 0 Å². The van der Waals surface area contributed by atoms with E-state index >= 15 is 0 Å². The van der Waals surface area contributed by atoms with Gasteiger partial charge in [0.2, 0.25) is 5.88 Å². The molecule has 0 bridgehead atoms. The van der Waals surface area contributed by atoms with Crippen LogP contribution in [0.5, 0.6) is 5.88 Å². The topological polar surface area (TPSA) is 49.9 Å². The standard InChI is InChI=1S/C17H16FN3O/c1-11(2)21-15-6-4-3-5-14(15)16(17(21)22)20-19-13-9-7-12(18)8-10-13/h3-11,22H,1-2H3. The van der Waals surface area contributed by atoms with Gasteiger partial charge in [-0.1, -0.05) is 18.2 Å². The van der Waals surface area contributed by atoms with E-state index in [2.05, 4.69) is 10.2 Å². The third kappa shape index (κ3) is 2.45. The highest BCUT2D eigenvalue weighted by Crippen LogP contribution is 2.41. The lowest BCUT2D eigenvalue weighted by molar-refractivity contribution is 0.407. The van der Waals surface area contributed by atoms with Crippen LogP contribution in [0.2, 0.25) is 0 Å². The molecule has 0 aliphatic rings. The Hall–Kier alpha value is -2.69. The first kappa shape index (κ1) is 14.3. The first-order chi connectivity index (χ1) is 10.6. The molecule has 3 rings (SSSR count). The van der Waals surface area contributed by atoms with Crippen molar-refractivity contribution in [2.45, 2.75) is 19.9 Å². The van der Waals surface area contributed by atoms with Gasteiger partial charge in [-0.3, -0.25) is 0 Å². The molecule has 0 saturated carbocycles. The number of azo groups is 1. The van der Waals surface area contributed by atoms with Crippen LogP contribution in [0.25, 0.3) is 10.9 Å². The Balaban J connectivity index is 2.11. The van der Waals surface area contributed by atoms with Gasteiger partial charge in [0.05, 0.1) is 11.2 Å². The number of hydrogen-bond acceptors (Lipinski definition) is 3. The van der Waals surface area contributed by atoms with Crippen LogP contribution in [0.1, 0.15) is 19.9 Å². The van der Waals surface area contributed by atoms with Gasteiger partial charge in [-0.2, -0.15) is 5.11 Å². The van der Waals surface area contributed by atoms with Gasteiger partial charge in [-0.05, 0) is 44.2 Å². The second-order valence-corrected chi connectivity index (χ2v) is 5.33. The molecular formula is C17H16FN3O. The zero-order valence-corrected chi connectivity index (χ0v) is 12.4. The number of fused-ring (bicyclic) bond motifs is 1. The van der Waals surface area contributed by atoms with Crippen molar-refractivity contribution >= 4 is 22.3 Å². The van der Waals surface area contributed by atoms with Crippen molar-refractivity contribution in [3.05, 3.63) is 54.3 Å². The summed E-state index contributed by atoms with van der Waals surface area (Å²) in [7, 11) is 0. The molecule has 2 aromatic carbocycles. The van der Waals surface area contributed by atoms with E-state index in [1.165, 1.54) is 24.3 Å². The molecule has 0 aliphatic carbocycles. The van der Waals surface area contributed by atoms with Crippen molar-refractivity contribution in [2.24, 2.45) is 10.2 Å². The lowest BCUT2D eigenvalue weighted by Crippen LogP contribution is -1.98. The second-order valence-electron chi connectivity index (χ2n) is 5.33. The minimum absolute atomic E-state index is 0.0852. The predicted octanol–water partition coefficient (Wildman–Crippen LogP) is 5.48. The van der Waals surface area contributed by atoms with E-state index < -0.39 is 0 Å². The molecule has 5 heteroatoms. The summed E-state index contributed by atoms with van der Waals surface area (Å²) >= 11 is 0. The molecule has 0 unspecified atom stereocenters. The van der Waals surface area contributed by atoms with Gasteiger partial charge < -0.3 is 9.67 Å². The molecule has 1 aromatic heterocycles. The Morgan fingerprint density at radius 1 is 1.00 bits per heavy atom. The van der Waals surface area contributed by atoms with Crippen LogP contribution in [0.3, 0.4) is 0 Å². The number of para-hydroxylation sites is 1. The van der Waals surface area contributed by atoms with Gasteiger partial charge >= 0.3 is 0 Å². The first-order valence-corrected chi connectivity index (χ1v) is 7.07. The van der Waals surface area contributed by atoms with Gasteiger partial charge in [-0.15, -0.1) is 5.11 Å². The molecule has 22 heavy (non-hydrogen) atoms. The number of rotatable bonds is 3. The summed E-state index contributed by atoms with van der Waals surface area (Å²) < 4.78 is 14.7. The number of halogens is 1. The fourth-order valence-corrected chi connectivity index (χ4v) is 2.47. The Kier molecular flexibility index (Phi) is 3.63. The lowest BCUT2D eigenvalue weighted by atomic mass is 10.2. The molecule has 0 spiro atoms. The Bertz CT molecular complexity index is 835. The molecule has 0 atom stereocenters. The molecule has 112 valence electrons. The molecule has 0 amide bonds. The van der Waals surface area contributed by atoms with E-state index in [-0.39, 0.29) is 17.7 Å². The summed E-state index contributed by atoms with van der Waals surface area (Å²) in [5, 5.41) is 19.5. The SMILES string of the molecule is CC(C)n1c(O)c(N=Nc2ccc(F)cc2)c2ccccc21. The van der Waals surface area contributed by atoms with Crippen LogP contribution < -0.4 is 0 Å². The molecule has 3 aromatic rings. The molecule has 1 heterocycles. The van der Waals surface area contributed by atoms with Crippen LogP contribution >= 0.6 is 0 Å². The Morgan fingerprint density at radius 3 is 2.36 bits per heavy atom. The van der Waals surface area contributed by atoms with Crippen molar-refractivity contribution in [1.82, 2.24) is 4.57 Å². The Morgan fingerprint density at radius 2 is 1.68 bits per heavy atom. The summed E-state index contributed by atoms with van der Waals surface area (Å²) in [6, 6.07) is 13.5.